The van der Waals surface area contributed by atoms with Gasteiger partial charge in [-0.2, -0.15) is 4.98 Å². The van der Waals surface area contributed by atoms with Crippen LogP contribution < -0.4 is 15.0 Å². The zero-order valence-electron chi connectivity index (χ0n) is 11.9. The molecule has 114 valence electrons. The number of amides is 1. The second-order valence-corrected chi connectivity index (χ2v) is 4.96. The van der Waals surface area contributed by atoms with Gasteiger partial charge in [0.05, 0.1) is 12.5 Å². The van der Waals surface area contributed by atoms with Crippen LogP contribution in [0.3, 0.4) is 0 Å². The van der Waals surface area contributed by atoms with E-state index >= 15 is 0 Å². The van der Waals surface area contributed by atoms with E-state index < -0.39 is 12.0 Å². The minimum absolute atomic E-state index is 0.0350. The van der Waals surface area contributed by atoms with E-state index in [0.717, 1.165) is 0 Å². The fourth-order valence-corrected chi connectivity index (χ4v) is 2.10. The van der Waals surface area contributed by atoms with Crippen molar-refractivity contribution in [1.29, 1.82) is 0 Å². The van der Waals surface area contributed by atoms with Crippen molar-refractivity contribution in [2.24, 2.45) is 0 Å². The van der Waals surface area contributed by atoms with Gasteiger partial charge >= 0.3 is 5.97 Å². The molecule has 2 rings (SSSR count). The number of hydrogen-bond donors (Lipinski definition) is 2. The molecule has 1 saturated heterocycles. The first-order valence-electron chi connectivity index (χ1n) is 6.73. The van der Waals surface area contributed by atoms with Crippen LogP contribution in [-0.2, 0) is 9.59 Å². The van der Waals surface area contributed by atoms with Gasteiger partial charge in [-0.3, -0.25) is 9.59 Å². The fourth-order valence-electron chi connectivity index (χ4n) is 2.10. The summed E-state index contributed by atoms with van der Waals surface area (Å²) in [7, 11) is 0. The number of nitrogens with one attached hydrogen (secondary N) is 1. The number of rotatable bonds is 5. The third-order valence-corrected chi connectivity index (χ3v) is 2.93. The van der Waals surface area contributed by atoms with E-state index in [2.05, 4.69) is 15.3 Å². The lowest BCUT2D eigenvalue weighted by atomic mass is 10.1. The van der Waals surface area contributed by atoms with Gasteiger partial charge in [0.1, 0.15) is 6.04 Å². The average Bonchev–Trinajstić information content (AvgIpc) is 2.40. The molecule has 1 unspecified atom stereocenters. The summed E-state index contributed by atoms with van der Waals surface area (Å²) >= 11 is 0. The van der Waals surface area contributed by atoms with E-state index in [0.29, 0.717) is 24.9 Å². The Hall–Kier alpha value is -2.38. The van der Waals surface area contributed by atoms with E-state index in [9.17, 15) is 9.59 Å². The monoisotopic (exact) mass is 294 g/mol. The predicted octanol–water partition coefficient (Wildman–Crippen LogP) is 0.0433. The highest BCUT2D eigenvalue weighted by atomic mass is 16.5. The lowest BCUT2D eigenvalue weighted by Crippen LogP contribution is -2.56. The smallest absolute Gasteiger partial charge is 0.305 e. The summed E-state index contributed by atoms with van der Waals surface area (Å²) in [6, 6.07) is 0.810. The molecule has 21 heavy (non-hydrogen) atoms. The minimum Gasteiger partial charge on any atom is -0.481 e. The van der Waals surface area contributed by atoms with Crippen molar-refractivity contribution in [1.82, 2.24) is 15.3 Å². The summed E-state index contributed by atoms with van der Waals surface area (Å²) in [5.41, 5.74) is 0. The largest absolute Gasteiger partial charge is 0.481 e. The van der Waals surface area contributed by atoms with Crippen molar-refractivity contribution in [3.63, 3.8) is 0 Å². The normalized spacial score (nSPS) is 18.5. The Bertz CT molecular complexity index is 535. The molecule has 8 nitrogen and oxygen atoms in total. The average molecular weight is 294 g/mol. The van der Waals surface area contributed by atoms with Gasteiger partial charge < -0.3 is 20.1 Å². The van der Waals surface area contributed by atoms with Crippen molar-refractivity contribution in [2.45, 2.75) is 32.4 Å². The Morgan fingerprint density at radius 2 is 2.38 bits per heavy atom. The van der Waals surface area contributed by atoms with Gasteiger partial charge in [-0.1, -0.05) is 0 Å². The number of piperazine rings is 1. The molecule has 2 heterocycles. The van der Waals surface area contributed by atoms with Crippen molar-refractivity contribution in [2.75, 3.05) is 18.0 Å². The molecular weight excluding hydrogens is 276 g/mol. The molecule has 0 radical (unpaired) electrons. The van der Waals surface area contributed by atoms with E-state index in [-0.39, 0.29) is 18.4 Å². The predicted molar refractivity (Wildman–Crippen MR) is 74.2 cm³/mol. The zero-order chi connectivity index (χ0) is 15.4. The van der Waals surface area contributed by atoms with Gasteiger partial charge in [-0.05, 0) is 13.8 Å². The Morgan fingerprint density at radius 1 is 1.62 bits per heavy atom. The lowest BCUT2D eigenvalue weighted by molar-refractivity contribution is -0.139. The maximum Gasteiger partial charge on any atom is 0.305 e. The molecule has 1 fully saturated rings. The fraction of sp³-hybridized carbons (Fsp3) is 0.538. The van der Waals surface area contributed by atoms with Crippen LogP contribution in [0.4, 0.5) is 5.95 Å². The molecule has 0 aromatic carbocycles. The van der Waals surface area contributed by atoms with Crippen LogP contribution in [0, 0.1) is 0 Å². The van der Waals surface area contributed by atoms with Crippen LogP contribution in [0.15, 0.2) is 12.3 Å². The minimum atomic E-state index is -1.04. The highest BCUT2D eigenvalue weighted by Gasteiger charge is 2.33. The van der Waals surface area contributed by atoms with E-state index in [1.165, 1.54) is 6.20 Å². The van der Waals surface area contributed by atoms with Crippen LogP contribution in [-0.4, -0.2) is 52.2 Å². The third kappa shape index (κ3) is 3.80. The molecule has 1 aliphatic heterocycles. The molecule has 8 heteroatoms. The molecule has 1 atom stereocenters. The van der Waals surface area contributed by atoms with Crippen LogP contribution in [0.2, 0.25) is 0 Å². The highest BCUT2D eigenvalue weighted by molar-refractivity contribution is 5.89. The maximum atomic E-state index is 11.9. The number of carbonyl (C=O) groups is 2. The summed E-state index contributed by atoms with van der Waals surface area (Å²) in [6.07, 6.45) is 1.20. The Labute approximate surface area is 122 Å². The molecule has 0 spiro atoms. The quantitative estimate of drug-likeness (QED) is 0.790. The molecular formula is C13H18N4O4. The molecule has 1 aromatic rings. The van der Waals surface area contributed by atoms with Gasteiger partial charge in [-0.25, -0.2) is 4.98 Å². The van der Waals surface area contributed by atoms with Gasteiger partial charge in [-0.15, -0.1) is 0 Å². The van der Waals surface area contributed by atoms with E-state index in [1.807, 2.05) is 13.8 Å². The van der Waals surface area contributed by atoms with Crippen LogP contribution in [0.1, 0.15) is 20.3 Å². The number of aliphatic carboxylic acids is 1. The first-order chi connectivity index (χ1) is 9.97. The van der Waals surface area contributed by atoms with Crippen molar-refractivity contribution in [3.8, 4) is 5.88 Å². The lowest BCUT2D eigenvalue weighted by Gasteiger charge is -2.34. The molecule has 1 amide bonds. The number of nitrogens with zero attached hydrogens (tertiary/aromatic N) is 3. The molecule has 0 saturated carbocycles. The van der Waals surface area contributed by atoms with Crippen LogP contribution in [0.25, 0.3) is 0 Å². The SMILES string of the molecule is CC(C)Oc1ccnc(N2CCNC(=O)C2CC(=O)O)n1. The first kappa shape index (κ1) is 15.0. The molecule has 0 aliphatic carbocycles. The second-order valence-electron chi connectivity index (χ2n) is 4.96. The van der Waals surface area contributed by atoms with Crippen molar-refractivity contribution >= 4 is 17.8 Å². The van der Waals surface area contributed by atoms with Crippen molar-refractivity contribution in [3.05, 3.63) is 12.3 Å². The first-order valence-corrected chi connectivity index (χ1v) is 6.73. The highest BCUT2D eigenvalue weighted by Crippen LogP contribution is 2.19. The Morgan fingerprint density at radius 3 is 3.05 bits per heavy atom. The number of carboxylic acids is 1. The number of anilines is 1. The standard InChI is InChI=1S/C13H18N4O4/c1-8(2)21-10-3-4-15-13(16-10)17-6-5-14-12(20)9(17)7-11(18)19/h3-4,8-9H,5-7H2,1-2H3,(H,14,20)(H,18,19). The number of carbonyl (C=O) groups excluding carboxylic acids is 1. The van der Waals surface area contributed by atoms with Gasteiger partial charge in [0.15, 0.2) is 0 Å². The summed E-state index contributed by atoms with van der Waals surface area (Å²) in [5, 5.41) is 11.6. The van der Waals surface area contributed by atoms with Crippen molar-refractivity contribution < 1.29 is 19.4 Å². The number of ether oxygens (including phenoxy) is 1. The molecule has 2 N–H and O–H groups in total. The Balaban J connectivity index is 2.24. The maximum absolute atomic E-state index is 11.9. The number of hydrogen-bond acceptors (Lipinski definition) is 6. The summed E-state index contributed by atoms with van der Waals surface area (Å²) < 4.78 is 5.49. The molecule has 1 aromatic heterocycles. The summed E-state index contributed by atoms with van der Waals surface area (Å²) in [4.78, 5) is 32.8. The van der Waals surface area contributed by atoms with Gasteiger partial charge in [0.2, 0.25) is 17.7 Å². The molecule has 1 aliphatic rings. The third-order valence-electron chi connectivity index (χ3n) is 2.93. The second kappa shape index (κ2) is 6.38. The summed E-state index contributed by atoms with van der Waals surface area (Å²) in [5.74, 6) is -0.677. The molecule has 0 bridgehead atoms. The van der Waals surface area contributed by atoms with Gasteiger partial charge in [0, 0.05) is 25.4 Å². The number of aromatic nitrogens is 2. The van der Waals surface area contributed by atoms with E-state index in [4.69, 9.17) is 9.84 Å². The topological polar surface area (TPSA) is 105 Å². The van der Waals surface area contributed by atoms with E-state index in [1.54, 1.807) is 11.0 Å². The van der Waals surface area contributed by atoms with Gasteiger partial charge in [0.25, 0.3) is 0 Å². The van der Waals surface area contributed by atoms with Crippen LogP contribution >= 0.6 is 0 Å². The zero-order valence-corrected chi connectivity index (χ0v) is 11.9. The van der Waals surface area contributed by atoms with Crippen LogP contribution in [0.5, 0.6) is 5.88 Å². The number of carboxylic acid groups (broad SMARTS) is 1. The Kier molecular flexibility index (Phi) is 4.56. The summed E-state index contributed by atoms with van der Waals surface area (Å²) in [6.45, 7) is 4.63.